The van der Waals surface area contributed by atoms with Crippen LogP contribution in [0.2, 0.25) is 0 Å². The zero-order valence-electron chi connectivity index (χ0n) is 10.7. The summed E-state index contributed by atoms with van der Waals surface area (Å²) in [5, 5.41) is 0. The third-order valence-corrected chi connectivity index (χ3v) is 3.99. The molecule has 3 unspecified atom stereocenters. The molecule has 1 heterocycles. The van der Waals surface area contributed by atoms with E-state index in [0.717, 1.165) is 17.7 Å². The van der Waals surface area contributed by atoms with Gasteiger partial charge in [-0.2, -0.15) is 4.21 Å². The molecule has 1 fully saturated rings. The molecule has 1 aliphatic heterocycles. The van der Waals surface area contributed by atoms with Gasteiger partial charge in [-0.05, 0) is 18.8 Å². The molecule has 0 aromatic carbocycles. The molecule has 110 valence electrons. The molecule has 7 nitrogen and oxygen atoms in total. The molecule has 0 spiro atoms. The van der Waals surface area contributed by atoms with E-state index in [1.165, 1.54) is 12.2 Å². The Hall–Kier alpha value is -1.54. The van der Waals surface area contributed by atoms with Crippen molar-refractivity contribution in [2.75, 3.05) is 6.54 Å². The lowest BCUT2D eigenvalue weighted by Crippen LogP contribution is -2.40. The van der Waals surface area contributed by atoms with Gasteiger partial charge in [-0.3, -0.25) is 23.8 Å². The Bertz CT molecular complexity index is 470. The van der Waals surface area contributed by atoms with E-state index in [1.54, 1.807) is 0 Å². The molecule has 2 amide bonds. The van der Waals surface area contributed by atoms with Crippen LogP contribution in [0.1, 0.15) is 25.7 Å². The summed E-state index contributed by atoms with van der Waals surface area (Å²) in [4.78, 5) is 35.9. The molecule has 0 radical (unpaired) electrons. The van der Waals surface area contributed by atoms with Gasteiger partial charge in [-0.15, -0.1) is 0 Å². The van der Waals surface area contributed by atoms with Crippen LogP contribution < -0.4 is 0 Å². The molecular weight excluding hydrogens is 286 g/mol. The minimum absolute atomic E-state index is 0.141. The molecule has 3 atom stereocenters. The highest BCUT2D eigenvalue weighted by molar-refractivity contribution is 7.74. The van der Waals surface area contributed by atoms with Crippen molar-refractivity contribution in [2.45, 2.75) is 25.7 Å². The third-order valence-electron chi connectivity index (χ3n) is 3.68. The minimum Gasteiger partial charge on any atom is -0.343 e. The van der Waals surface area contributed by atoms with Crippen LogP contribution in [0.15, 0.2) is 12.2 Å². The van der Waals surface area contributed by atoms with E-state index in [1.807, 2.05) is 0 Å². The fourth-order valence-electron chi connectivity index (χ4n) is 2.71. The summed E-state index contributed by atoms with van der Waals surface area (Å²) >= 11 is -2.64. The topological polar surface area (TPSA) is 101 Å². The second-order valence-corrected chi connectivity index (χ2v) is 5.49. The number of carbonyl (C=O) groups is 3. The average Bonchev–Trinajstić information content (AvgIpc) is 2.70. The van der Waals surface area contributed by atoms with Crippen LogP contribution in [-0.2, 0) is 29.9 Å². The number of hydrogen-bond acceptors (Lipinski definition) is 5. The molecular formula is C12H15NO6S. The first kappa shape index (κ1) is 14.9. The number of imide groups is 1. The van der Waals surface area contributed by atoms with Crippen LogP contribution in [0.5, 0.6) is 0 Å². The monoisotopic (exact) mass is 301 g/mol. The van der Waals surface area contributed by atoms with E-state index in [4.69, 9.17) is 4.55 Å². The SMILES string of the molecule is O=C(OS(=O)O)C1CCCCC1CN1C(=O)C=CC1=O. The maximum Gasteiger partial charge on any atom is 0.360 e. The van der Waals surface area contributed by atoms with Crippen LogP contribution in [0, 0.1) is 11.8 Å². The maximum absolute atomic E-state index is 11.8. The fraction of sp³-hybridized carbons (Fsp3) is 0.583. The van der Waals surface area contributed by atoms with E-state index in [0.29, 0.717) is 12.8 Å². The molecule has 2 rings (SSSR count). The molecule has 0 aromatic heterocycles. The third kappa shape index (κ3) is 3.31. The van der Waals surface area contributed by atoms with Crippen molar-refractivity contribution in [1.82, 2.24) is 4.90 Å². The summed E-state index contributed by atoms with van der Waals surface area (Å²) < 4.78 is 23.5. The van der Waals surface area contributed by atoms with Gasteiger partial charge in [0.05, 0.1) is 5.92 Å². The van der Waals surface area contributed by atoms with Crippen LogP contribution in [0.3, 0.4) is 0 Å². The Balaban J connectivity index is 2.03. The Kier molecular flexibility index (Phi) is 4.66. The lowest BCUT2D eigenvalue weighted by molar-refractivity contribution is -0.145. The summed E-state index contributed by atoms with van der Waals surface area (Å²) in [6.45, 7) is 0.141. The average molecular weight is 301 g/mol. The second-order valence-electron chi connectivity index (χ2n) is 4.89. The predicted molar refractivity (Wildman–Crippen MR) is 68.2 cm³/mol. The van der Waals surface area contributed by atoms with Gasteiger partial charge in [0.25, 0.3) is 11.8 Å². The van der Waals surface area contributed by atoms with Crippen molar-refractivity contribution in [3.63, 3.8) is 0 Å². The van der Waals surface area contributed by atoms with Crippen LogP contribution >= 0.6 is 0 Å². The first-order valence-corrected chi connectivity index (χ1v) is 7.39. The molecule has 20 heavy (non-hydrogen) atoms. The highest BCUT2D eigenvalue weighted by Gasteiger charge is 2.36. The van der Waals surface area contributed by atoms with Crippen LogP contribution in [0.4, 0.5) is 0 Å². The van der Waals surface area contributed by atoms with Gasteiger partial charge >= 0.3 is 17.3 Å². The number of amides is 2. The van der Waals surface area contributed by atoms with Gasteiger partial charge in [0, 0.05) is 18.7 Å². The van der Waals surface area contributed by atoms with Gasteiger partial charge in [0.15, 0.2) is 0 Å². The van der Waals surface area contributed by atoms with Gasteiger partial charge in [0.2, 0.25) is 0 Å². The number of hydrogen-bond donors (Lipinski definition) is 1. The Morgan fingerprint density at radius 3 is 2.50 bits per heavy atom. The zero-order chi connectivity index (χ0) is 14.7. The van der Waals surface area contributed by atoms with Crippen molar-refractivity contribution in [3.8, 4) is 0 Å². The van der Waals surface area contributed by atoms with Gasteiger partial charge in [-0.1, -0.05) is 12.8 Å². The summed E-state index contributed by atoms with van der Waals surface area (Å²) in [6, 6.07) is 0. The Morgan fingerprint density at radius 1 is 1.30 bits per heavy atom. The molecule has 1 saturated carbocycles. The smallest absolute Gasteiger partial charge is 0.343 e. The quantitative estimate of drug-likeness (QED) is 0.595. The number of nitrogens with zero attached hydrogens (tertiary/aromatic N) is 1. The maximum atomic E-state index is 11.8. The summed E-state index contributed by atoms with van der Waals surface area (Å²) in [6.07, 6.45) is 5.30. The Labute approximate surface area is 118 Å². The summed E-state index contributed by atoms with van der Waals surface area (Å²) in [5.74, 6) is -2.31. The minimum atomic E-state index is -2.64. The fourth-order valence-corrected chi connectivity index (χ4v) is 2.98. The molecule has 0 aromatic rings. The zero-order valence-corrected chi connectivity index (χ0v) is 11.5. The number of carbonyl (C=O) groups excluding carboxylic acids is 3. The largest absolute Gasteiger partial charge is 0.360 e. The molecule has 0 bridgehead atoms. The molecule has 8 heteroatoms. The van der Waals surface area contributed by atoms with Gasteiger partial charge in [-0.25, -0.2) is 0 Å². The van der Waals surface area contributed by atoms with E-state index in [-0.39, 0.29) is 12.5 Å². The highest BCUT2D eigenvalue weighted by atomic mass is 32.2. The second kappa shape index (κ2) is 6.27. The van der Waals surface area contributed by atoms with Crippen molar-refractivity contribution in [1.29, 1.82) is 0 Å². The first-order chi connectivity index (χ1) is 9.49. The van der Waals surface area contributed by atoms with Crippen LogP contribution in [-0.4, -0.2) is 38.0 Å². The van der Waals surface area contributed by atoms with E-state index in [9.17, 15) is 18.6 Å². The summed E-state index contributed by atoms with van der Waals surface area (Å²) in [5.41, 5.74) is 0. The van der Waals surface area contributed by atoms with Crippen LogP contribution in [0.25, 0.3) is 0 Å². The van der Waals surface area contributed by atoms with Crippen molar-refractivity contribution < 1.29 is 27.3 Å². The van der Waals surface area contributed by atoms with Crippen molar-refractivity contribution in [2.24, 2.45) is 11.8 Å². The lowest BCUT2D eigenvalue weighted by Gasteiger charge is -2.31. The first-order valence-electron chi connectivity index (χ1n) is 6.35. The van der Waals surface area contributed by atoms with E-state index < -0.39 is 35.1 Å². The van der Waals surface area contributed by atoms with Crippen molar-refractivity contribution >= 4 is 29.1 Å². The van der Waals surface area contributed by atoms with Gasteiger partial charge < -0.3 is 4.18 Å². The normalized spacial score (nSPS) is 27.8. The standard InChI is InChI=1S/C12H15NO6S/c14-10-5-6-11(15)13(10)7-8-3-1-2-4-9(8)12(16)19-20(17)18/h5-6,8-9H,1-4,7H2,(H,17,18). The van der Waals surface area contributed by atoms with Gasteiger partial charge in [0.1, 0.15) is 0 Å². The Morgan fingerprint density at radius 2 is 1.90 bits per heavy atom. The van der Waals surface area contributed by atoms with Crippen molar-refractivity contribution in [3.05, 3.63) is 12.2 Å². The molecule has 2 aliphatic rings. The van der Waals surface area contributed by atoms with E-state index >= 15 is 0 Å². The highest BCUT2D eigenvalue weighted by Crippen LogP contribution is 2.32. The number of rotatable bonds is 4. The molecule has 1 N–H and O–H groups in total. The molecule has 0 saturated heterocycles. The molecule has 1 aliphatic carbocycles. The lowest BCUT2D eigenvalue weighted by atomic mass is 9.79. The summed E-state index contributed by atoms with van der Waals surface area (Å²) in [7, 11) is 0. The predicted octanol–water partition coefficient (Wildman–Crippen LogP) is 0.398. The van der Waals surface area contributed by atoms with E-state index in [2.05, 4.69) is 4.18 Å².